The highest BCUT2D eigenvalue weighted by atomic mass is 32.2. The first-order chi connectivity index (χ1) is 8.64. The third-order valence-electron chi connectivity index (χ3n) is 2.72. The third-order valence-corrected chi connectivity index (χ3v) is 3.81. The molecule has 6 heteroatoms. The smallest absolute Gasteiger partial charge is 0.267 e. The van der Waals surface area contributed by atoms with E-state index in [1.165, 1.54) is 0 Å². The molecule has 20 heavy (non-hydrogen) atoms. The lowest BCUT2D eigenvalue weighted by atomic mass is 9.79. The zero-order chi connectivity index (χ0) is 16.4. The summed E-state index contributed by atoms with van der Waals surface area (Å²) in [5.41, 5.74) is -0.285. The van der Waals surface area contributed by atoms with Crippen molar-refractivity contribution in [2.24, 2.45) is 11.3 Å². The quantitative estimate of drug-likeness (QED) is 0.603. The van der Waals surface area contributed by atoms with Gasteiger partial charge in [-0.15, -0.1) is 0 Å². The normalized spacial score (nSPS) is 14.6. The topological polar surface area (TPSA) is 83.5 Å². The number of amides is 1. The molecule has 0 radical (unpaired) electrons. The van der Waals surface area contributed by atoms with Gasteiger partial charge in [0.15, 0.2) is 0 Å². The summed E-state index contributed by atoms with van der Waals surface area (Å²) in [5.74, 6) is -1.13. The summed E-state index contributed by atoms with van der Waals surface area (Å²) in [7, 11) is -4.14. The van der Waals surface area contributed by atoms with Crippen molar-refractivity contribution in [2.45, 2.75) is 54.0 Å². The predicted octanol–water partition coefficient (Wildman–Crippen LogP) is 2.40. The van der Waals surface area contributed by atoms with E-state index in [1.807, 2.05) is 40.7 Å². The summed E-state index contributed by atoms with van der Waals surface area (Å²) in [4.78, 5) is 12.4. The molecule has 2 N–H and O–H groups in total. The van der Waals surface area contributed by atoms with E-state index in [0.717, 1.165) is 5.57 Å². The molecule has 0 saturated carbocycles. The second kappa shape index (κ2) is 6.26. The van der Waals surface area contributed by atoms with Crippen molar-refractivity contribution in [1.82, 2.24) is 5.32 Å². The lowest BCUT2D eigenvalue weighted by Gasteiger charge is -2.32. The molecule has 0 rings (SSSR count). The van der Waals surface area contributed by atoms with Crippen molar-refractivity contribution < 1.29 is 17.8 Å². The van der Waals surface area contributed by atoms with Gasteiger partial charge in [0.05, 0.1) is 17.2 Å². The first kappa shape index (κ1) is 19.1. The molecular formula is C14H27NO4S. The largest absolute Gasteiger partial charge is 0.350 e. The van der Waals surface area contributed by atoms with E-state index in [-0.39, 0.29) is 17.2 Å². The Bertz CT molecular complexity index is 480. The molecule has 0 aromatic heterocycles. The Morgan fingerprint density at radius 1 is 1.20 bits per heavy atom. The molecule has 1 atom stereocenters. The fourth-order valence-electron chi connectivity index (χ4n) is 1.96. The molecule has 1 amide bonds. The van der Waals surface area contributed by atoms with E-state index in [2.05, 4.69) is 5.32 Å². The summed E-state index contributed by atoms with van der Waals surface area (Å²) in [6, 6.07) is 0. The maximum atomic E-state index is 12.4. The highest BCUT2D eigenvalue weighted by molar-refractivity contribution is 7.85. The highest BCUT2D eigenvalue weighted by Gasteiger charge is 2.34. The van der Waals surface area contributed by atoms with E-state index in [9.17, 15) is 13.2 Å². The molecule has 0 aliphatic rings. The average Bonchev–Trinajstić information content (AvgIpc) is 2.06. The molecule has 0 spiro atoms. The SMILES string of the molecule is CC(C)=CC(C(=O)NC(C)(C)CS(=O)(=O)O)C(C)(C)C. The lowest BCUT2D eigenvalue weighted by molar-refractivity contribution is -0.127. The van der Waals surface area contributed by atoms with Gasteiger partial charge in [0.2, 0.25) is 5.91 Å². The Morgan fingerprint density at radius 3 is 1.95 bits per heavy atom. The van der Waals surface area contributed by atoms with Gasteiger partial charge in [-0.25, -0.2) is 0 Å². The zero-order valence-electron chi connectivity index (χ0n) is 13.4. The first-order valence-corrected chi connectivity index (χ1v) is 8.17. The maximum Gasteiger partial charge on any atom is 0.267 e. The van der Waals surface area contributed by atoms with Crippen LogP contribution in [0.25, 0.3) is 0 Å². The Labute approximate surface area is 122 Å². The van der Waals surface area contributed by atoms with Crippen LogP contribution in [0.2, 0.25) is 0 Å². The number of hydrogen-bond donors (Lipinski definition) is 2. The van der Waals surface area contributed by atoms with Gasteiger partial charge in [-0.1, -0.05) is 32.4 Å². The second-order valence-electron chi connectivity index (χ2n) is 7.19. The summed E-state index contributed by atoms with van der Waals surface area (Å²) in [6.07, 6.45) is 1.87. The monoisotopic (exact) mass is 305 g/mol. The number of nitrogens with one attached hydrogen (secondary N) is 1. The van der Waals surface area contributed by atoms with Gasteiger partial charge in [-0.2, -0.15) is 8.42 Å². The third kappa shape index (κ3) is 7.65. The van der Waals surface area contributed by atoms with Crippen molar-refractivity contribution in [1.29, 1.82) is 0 Å². The molecule has 118 valence electrons. The average molecular weight is 305 g/mol. The summed E-state index contributed by atoms with van der Waals surface area (Å²) in [5, 5.41) is 2.70. The van der Waals surface area contributed by atoms with Crippen LogP contribution in [0.15, 0.2) is 11.6 Å². The summed E-state index contributed by atoms with van der Waals surface area (Å²) in [6.45, 7) is 12.8. The standard InChI is InChI=1S/C14H27NO4S/c1-10(2)8-11(13(3,4)5)12(16)15-14(6,7)9-20(17,18)19/h8,11H,9H2,1-7H3,(H,15,16)(H,17,18,19). The van der Waals surface area contributed by atoms with Gasteiger partial charge >= 0.3 is 0 Å². The number of hydrogen-bond acceptors (Lipinski definition) is 3. The molecule has 5 nitrogen and oxygen atoms in total. The minimum Gasteiger partial charge on any atom is -0.350 e. The number of carbonyl (C=O) groups is 1. The van der Waals surface area contributed by atoms with Crippen LogP contribution in [-0.4, -0.2) is 30.2 Å². The van der Waals surface area contributed by atoms with Crippen LogP contribution in [0.1, 0.15) is 48.5 Å². The van der Waals surface area contributed by atoms with Crippen molar-refractivity contribution in [3.63, 3.8) is 0 Å². The molecule has 0 fully saturated rings. The van der Waals surface area contributed by atoms with Crippen molar-refractivity contribution >= 4 is 16.0 Å². The molecule has 0 bridgehead atoms. The molecule has 0 aromatic rings. The highest BCUT2D eigenvalue weighted by Crippen LogP contribution is 2.29. The van der Waals surface area contributed by atoms with Crippen molar-refractivity contribution in [3.8, 4) is 0 Å². The number of rotatable bonds is 5. The zero-order valence-corrected chi connectivity index (χ0v) is 14.3. The minimum absolute atomic E-state index is 0.243. The Morgan fingerprint density at radius 2 is 1.65 bits per heavy atom. The van der Waals surface area contributed by atoms with Crippen LogP contribution >= 0.6 is 0 Å². The molecule has 0 heterocycles. The van der Waals surface area contributed by atoms with Crippen LogP contribution in [0.4, 0.5) is 0 Å². The molecule has 0 saturated heterocycles. The lowest BCUT2D eigenvalue weighted by Crippen LogP contribution is -2.51. The predicted molar refractivity (Wildman–Crippen MR) is 81.0 cm³/mol. The van der Waals surface area contributed by atoms with E-state index in [4.69, 9.17) is 4.55 Å². The van der Waals surface area contributed by atoms with Crippen molar-refractivity contribution in [3.05, 3.63) is 11.6 Å². The van der Waals surface area contributed by atoms with E-state index < -0.39 is 21.4 Å². The van der Waals surface area contributed by atoms with Gasteiger partial charge in [-0.3, -0.25) is 9.35 Å². The fourth-order valence-corrected chi connectivity index (χ4v) is 2.94. The fraction of sp³-hybridized carbons (Fsp3) is 0.786. The molecule has 0 aliphatic carbocycles. The van der Waals surface area contributed by atoms with Crippen LogP contribution in [0, 0.1) is 11.3 Å². The van der Waals surface area contributed by atoms with Gasteiger partial charge in [0, 0.05) is 0 Å². The van der Waals surface area contributed by atoms with E-state index in [0.29, 0.717) is 0 Å². The van der Waals surface area contributed by atoms with E-state index >= 15 is 0 Å². The molecule has 0 aliphatic heterocycles. The van der Waals surface area contributed by atoms with Crippen LogP contribution in [-0.2, 0) is 14.9 Å². The number of carbonyl (C=O) groups excluding carboxylic acids is 1. The number of allylic oxidation sites excluding steroid dienone is 1. The molecule has 1 unspecified atom stereocenters. The van der Waals surface area contributed by atoms with Crippen LogP contribution in [0.5, 0.6) is 0 Å². The first-order valence-electron chi connectivity index (χ1n) is 6.56. The van der Waals surface area contributed by atoms with Crippen molar-refractivity contribution in [2.75, 3.05) is 5.75 Å². The maximum absolute atomic E-state index is 12.4. The minimum atomic E-state index is -4.14. The van der Waals surface area contributed by atoms with E-state index in [1.54, 1.807) is 13.8 Å². The van der Waals surface area contributed by atoms with Gasteiger partial charge in [0.1, 0.15) is 0 Å². The van der Waals surface area contributed by atoms with Gasteiger partial charge < -0.3 is 5.32 Å². The summed E-state index contributed by atoms with van der Waals surface area (Å²) >= 11 is 0. The summed E-state index contributed by atoms with van der Waals surface area (Å²) < 4.78 is 30.8. The van der Waals surface area contributed by atoms with Gasteiger partial charge in [0.25, 0.3) is 10.1 Å². The van der Waals surface area contributed by atoms with Gasteiger partial charge in [-0.05, 0) is 33.1 Å². The van der Waals surface area contributed by atoms with Crippen LogP contribution < -0.4 is 5.32 Å². The van der Waals surface area contributed by atoms with Crippen LogP contribution in [0.3, 0.4) is 0 Å². The second-order valence-corrected chi connectivity index (χ2v) is 8.64. The molecule has 0 aromatic carbocycles. The molecular weight excluding hydrogens is 278 g/mol. The Kier molecular flexibility index (Phi) is 5.99. The Hall–Kier alpha value is -0.880. The Balaban J connectivity index is 5.18.